The number of carbonyl (C=O) groups excluding carboxylic acids is 1. The van der Waals surface area contributed by atoms with E-state index in [0.29, 0.717) is 13.1 Å². The van der Waals surface area contributed by atoms with E-state index in [0.717, 1.165) is 17.3 Å². The first kappa shape index (κ1) is 16.5. The molecule has 0 fully saturated rings. The molecule has 1 aromatic heterocycles. The molecular formula is C17H18F3N3O. The van der Waals surface area contributed by atoms with Crippen LogP contribution in [-0.2, 0) is 24.1 Å². The lowest BCUT2D eigenvalue weighted by molar-refractivity contribution is -0.141. The van der Waals surface area contributed by atoms with E-state index < -0.39 is 11.9 Å². The van der Waals surface area contributed by atoms with Crippen molar-refractivity contribution in [3.63, 3.8) is 0 Å². The van der Waals surface area contributed by atoms with Crippen molar-refractivity contribution in [1.82, 2.24) is 14.5 Å². The van der Waals surface area contributed by atoms with E-state index in [2.05, 4.69) is 4.98 Å². The summed E-state index contributed by atoms with van der Waals surface area (Å²) in [7, 11) is 0. The number of nitrogens with zero attached hydrogens (tertiary/aromatic N) is 3. The highest BCUT2D eigenvalue weighted by molar-refractivity contribution is 5.83. The smallest absolute Gasteiger partial charge is 0.333 e. The molecule has 128 valence electrons. The maximum absolute atomic E-state index is 12.8. The van der Waals surface area contributed by atoms with Gasteiger partial charge in [-0.3, -0.25) is 4.79 Å². The summed E-state index contributed by atoms with van der Waals surface area (Å²) in [5.41, 5.74) is 1.10. The minimum absolute atomic E-state index is 0.0957. The Bertz CT molecular complexity index is 749. The van der Waals surface area contributed by atoms with Crippen LogP contribution >= 0.6 is 0 Å². The minimum Gasteiger partial charge on any atom is -0.333 e. The molecule has 0 saturated carbocycles. The van der Waals surface area contributed by atoms with Gasteiger partial charge in [-0.25, -0.2) is 4.98 Å². The average molecular weight is 337 g/mol. The van der Waals surface area contributed by atoms with Crippen LogP contribution in [0.4, 0.5) is 13.2 Å². The maximum atomic E-state index is 12.8. The third kappa shape index (κ3) is 3.16. The summed E-state index contributed by atoms with van der Waals surface area (Å²) in [5, 5.41) is 0. The third-order valence-electron chi connectivity index (χ3n) is 4.35. The number of rotatable bonds is 2. The van der Waals surface area contributed by atoms with Crippen LogP contribution in [0, 0.1) is 6.92 Å². The Balaban J connectivity index is 1.76. The predicted molar refractivity (Wildman–Crippen MR) is 82.2 cm³/mol. The normalized spacial score (nSPS) is 16.0. The van der Waals surface area contributed by atoms with Gasteiger partial charge in [0.1, 0.15) is 5.82 Å². The number of aryl methyl sites for hydroxylation is 1. The number of fused-ring (bicyclic) bond motifs is 1. The van der Waals surface area contributed by atoms with E-state index >= 15 is 0 Å². The number of hydrogen-bond acceptors (Lipinski definition) is 2. The van der Waals surface area contributed by atoms with E-state index in [1.54, 1.807) is 4.90 Å². The van der Waals surface area contributed by atoms with Crippen LogP contribution in [0.3, 0.4) is 0 Å². The highest BCUT2D eigenvalue weighted by Gasteiger charge is 2.36. The van der Waals surface area contributed by atoms with Crippen molar-refractivity contribution in [3.8, 4) is 0 Å². The van der Waals surface area contributed by atoms with E-state index in [1.165, 1.54) is 4.57 Å². The van der Waals surface area contributed by atoms with Gasteiger partial charge in [0.15, 0.2) is 5.69 Å². The maximum Gasteiger partial charge on any atom is 0.434 e. The molecule has 1 aromatic carbocycles. The van der Waals surface area contributed by atoms with Gasteiger partial charge in [-0.1, -0.05) is 29.8 Å². The molecular weight excluding hydrogens is 319 g/mol. The summed E-state index contributed by atoms with van der Waals surface area (Å²) in [6.07, 6.45) is -3.45. The molecule has 0 spiro atoms. The molecule has 0 bridgehead atoms. The fourth-order valence-electron chi connectivity index (χ4n) is 2.85. The van der Waals surface area contributed by atoms with Crippen molar-refractivity contribution in [3.05, 3.63) is 53.1 Å². The standard InChI is InChI=1S/C17H18F3N3O/c1-11-3-5-13(6-4-11)12(2)16(24)23-8-7-22-9-14(17(18,19)20)21-15(22)10-23/h3-6,9,12H,7-8,10H2,1-2H3/t12-/m1/s1. The van der Waals surface area contributed by atoms with E-state index in [9.17, 15) is 18.0 Å². The molecule has 0 radical (unpaired) electrons. The number of halogens is 3. The Morgan fingerprint density at radius 3 is 2.50 bits per heavy atom. The lowest BCUT2D eigenvalue weighted by Crippen LogP contribution is -2.40. The molecule has 1 amide bonds. The van der Waals surface area contributed by atoms with Gasteiger partial charge in [0, 0.05) is 19.3 Å². The largest absolute Gasteiger partial charge is 0.434 e. The number of alkyl halides is 3. The molecule has 1 atom stereocenters. The zero-order valence-electron chi connectivity index (χ0n) is 13.5. The molecule has 1 aliphatic heterocycles. The molecule has 4 nitrogen and oxygen atoms in total. The lowest BCUT2D eigenvalue weighted by Gasteiger charge is -2.30. The monoisotopic (exact) mass is 337 g/mol. The van der Waals surface area contributed by atoms with Crippen molar-refractivity contribution in [1.29, 1.82) is 0 Å². The second kappa shape index (κ2) is 5.96. The molecule has 2 aromatic rings. The van der Waals surface area contributed by atoms with Crippen molar-refractivity contribution in [2.24, 2.45) is 0 Å². The third-order valence-corrected chi connectivity index (χ3v) is 4.35. The van der Waals surface area contributed by atoms with Gasteiger partial charge in [-0.2, -0.15) is 13.2 Å². The molecule has 1 aliphatic rings. The summed E-state index contributed by atoms with van der Waals surface area (Å²) in [6.45, 7) is 4.60. The summed E-state index contributed by atoms with van der Waals surface area (Å²) in [5.74, 6) is -0.158. The Labute approximate surface area is 137 Å². The number of aromatic nitrogens is 2. The Kier molecular flexibility index (Phi) is 4.11. The molecule has 0 aliphatic carbocycles. The first-order valence-corrected chi connectivity index (χ1v) is 7.74. The van der Waals surface area contributed by atoms with Gasteiger partial charge in [0.05, 0.1) is 12.5 Å². The molecule has 0 unspecified atom stereocenters. The Morgan fingerprint density at radius 1 is 1.21 bits per heavy atom. The second-order valence-corrected chi connectivity index (χ2v) is 6.13. The number of imidazole rings is 1. The van der Waals surface area contributed by atoms with Crippen molar-refractivity contribution >= 4 is 5.91 Å². The van der Waals surface area contributed by atoms with E-state index in [4.69, 9.17) is 0 Å². The van der Waals surface area contributed by atoms with E-state index in [1.807, 2.05) is 38.1 Å². The number of hydrogen-bond donors (Lipinski definition) is 0. The molecule has 24 heavy (non-hydrogen) atoms. The van der Waals surface area contributed by atoms with Gasteiger partial charge in [0.25, 0.3) is 0 Å². The molecule has 0 saturated heterocycles. The quantitative estimate of drug-likeness (QED) is 0.843. The lowest BCUT2D eigenvalue weighted by atomic mass is 9.98. The number of carbonyl (C=O) groups is 1. The summed E-state index contributed by atoms with van der Waals surface area (Å²) >= 11 is 0. The van der Waals surface area contributed by atoms with Crippen LogP contribution in [0.15, 0.2) is 30.5 Å². The fraction of sp³-hybridized carbons (Fsp3) is 0.412. The van der Waals surface area contributed by atoms with Crippen molar-refractivity contribution < 1.29 is 18.0 Å². The zero-order valence-corrected chi connectivity index (χ0v) is 13.5. The topological polar surface area (TPSA) is 38.1 Å². The van der Waals surface area contributed by atoms with Crippen LogP contribution in [0.1, 0.15) is 35.5 Å². The first-order chi connectivity index (χ1) is 11.3. The van der Waals surface area contributed by atoms with Crippen LogP contribution in [0.2, 0.25) is 0 Å². The molecule has 0 N–H and O–H groups in total. The average Bonchev–Trinajstić information content (AvgIpc) is 2.97. The number of benzene rings is 1. The predicted octanol–water partition coefficient (Wildman–Crippen LogP) is 3.36. The van der Waals surface area contributed by atoms with Crippen LogP contribution in [0.5, 0.6) is 0 Å². The number of amides is 1. The first-order valence-electron chi connectivity index (χ1n) is 7.74. The minimum atomic E-state index is -4.46. The van der Waals surface area contributed by atoms with Gasteiger partial charge in [-0.05, 0) is 19.4 Å². The van der Waals surface area contributed by atoms with Crippen molar-refractivity contribution in [2.45, 2.75) is 39.0 Å². The fourth-order valence-corrected chi connectivity index (χ4v) is 2.85. The summed E-state index contributed by atoms with van der Waals surface area (Å²) in [4.78, 5) is 17.9. The summed E-state index contributed by atoms with van der Waals surface area (Å²) in [6, 6.07) is 7.70. The molecule has 7 heteroatoms. The van der Waals surface area contributed by atoms with Gasteiger partial charge < -0.3 is 9.47 Å². The van der Waals surface area contributed by atoms with Gasteiger partial charge >= 0.3 is 6.18 Å². The van der Waals surface area contributed by atoms with Crippen molar-refractivity contribution in [2.75, 3.05) is 6.54 Å². The van der Waals surface area contributed by atoms with Crippen LogP contribution in [-0.4, -0.2) is 26.9 Å². The molecule has 3 rings (SSSR count). The summed E-state index contributed by atoms with van der Waals surface area (Å²) < 4.78 is 39.7. The van der Waals surface area contributed by atoms with Gasteiger partial charge in [-0.15, -0.1) is 0 Å². The Hall–Kier alpha value is -2.31. The Morgan fingerprint density at radius 2 is 1.88 bits per heavy atom. The SMILES string of the molecule is Cc1ccc([C@@H](C)C(=O)N2CCn3cc(C(F)(F)F)nc3C2)cc1. The highest BCUT2D eigenvalue weighted by atomic mass is 19.4. The van der Waals surface area contributed by atoms with Crippen LogP contribution in [0.25, 0.3) is 0 Å². The van der Waals surface area contributed by atoms with Crippen LogP contribution < -0.4 is 0 Å². The molecule has 2 heterocycles. The van der Waals surface area contributed by atoms with E-state index in [-0.39, 0.29) is 24.2 Å². The second-order valence-electron chi connectivity index (χ2n) is 6.13. The zero-order chi connectivity index (χ0) is 17.5. The highest BCUT2D eigenvalue weighted by Crippen LogP contribution is 2.30. The van der Waals surface area contributed by atoms with Gasteiger partial charge in [0.2, 0.25) is 5.91 Å².